The third kappa shape index (κ3) is 3.18. The number of carbonyl (C=O) groups excluding carboxylic acids is 2. The number of hydrogen-bond acceptors (Lipinski definition) is 4. The Morgan fingerprint density at radius 2 is 2.26 bits per heavy atom. The van der Waals surface area contributed by atoms with E-state index >= 15 is 0 Å². The van der Waals surface area contributed by atoms with E-state index in [4.69, 9.17) is 0 Å². The first-order valence-electron chi connectivity index (χ1n) is 5.72. The standard InChI is InChI=1S/C11H13Br2N3O2S/c1-14-10(17)7-5-15-2-3-16(7)11(18)6-4-8(12)19-9(6)13/h4,7,15H,2-3,5H2,1H3,(H,14,17). The van der Waals surface area contributed by atoms with Gasteiger partial charge in [-0.1, -0.05) is 0 Å². The first kappa shape index (κ1) is 15.0. The average molecular weight is 411 g/mol. The minimum Gasteiger partial charge on any atom is -0.357 e. The summed E-state index contributed by atoms with van der Waals surface area (Å²) in [6.07, 6.45) is 0. The highest BCUT2D eigenvalue weighted by Gasteiger charge is 2.33. The Kier molecular flexibility index (Phi) is 4.99. The fourth-order valence-electron chi connectivity index (χ4n) is 1.99. The zero-order valence-electron chi connectivity index (χ0n) is 10.2. The molecule has 0 aromatic carbocycles. The molecule has 0 saturated carbocycles. The number of hydrogen-bond donors (Lipinski definition) is 2. The Hall–Kier alpha value is -0.440. The molecule has 1 aromatic heterocycles. The smallest absolute Gasteiger partial charge is 0.256 e. The second-order valence-corrected chi connectivity index (χ2v) is 7.82. The van der Waals surface area contributed by atoms with Crippen molar-refractivity contribution in [3.8, 4) is 0 Å². The van der Waals surface area contributed by atoms with Crippen molar-refractivity contribution in [3.05, 3.63) is 19.2 Å². The van der Waals surface area contributed by atoms with Crippen LogP contribution in [0, 0.1) is 0 Å². The summed E-state index contributed by atoms with van der Waals surface area (Å²) in [5.41, 5.74) is 0.590. The van der Waals surface area contributed by atoms with Crippen molar-refractivity contribution in [3.63, 3.8) is 0 Å². The lowest BCUT2D eigenvalue weighted by Crippen LogP contribution is -2.59. The number of nitrogens with zero attached hydrogens (tertiary/aromatic N) is 1. The summed E-state index contributed by atoms with van der Waals surface area (Å²) >= 11 is 8.19. The Labute approximate surface area is 132 Å². The molecule has 2 heterocycles. The zero-order chi connectivity index (χ0) is 14.0. The molecule has 2 rings (SSSR count). The van der Waals surface area contributed by atoms with E-state index < -0.39 is 6.04 Å². The number of nitrogens with one attached hydrogen (secondary N) is 2. The topological polar surface area (TPSA) is 61.4 Å². The van der Waals surface area contributed by atoms with Crippen molar-refractivity contribution in [2.24, 2.45) is 0 Å². The number of amides is 2. The maximum absolute atomic E-state index is 12.5. The number of piperazine rings is 1. The van der Waals surface area contributed by atoms with E-state index in [-0.39, 0.29) is 11.8 Å². The average Bonchev–Trinajstić information content (AvgIpc) is 2.76. The molecule has 104 valence electrons. The maximum atomic E-state index is 12.5. The van der Waals surface area contributed by atoms with E-state index in [2.05, 4.69) is 42.5 Å². The Balaban J connectivity index is 2.25. The number of carbonyl (C=O) groups is 2. The van der Waals surface area contributed by atoms with Gasteiger partial charge in [0.25, 0.3) is 5.91 Å². The van der Waals surface area contributed by atoms with Gasteiger partial charge in [0, 0.05) is 26.7 Å². The lowest BCUT2D eigenvalue weighted by Gasteiger charge is -2.34. The van der Waals surface area contributed by atoms with E-state index in [1.54, 1.807) is 18.0 Å². The Morgan fingerprint density at radius 3 is 2.84 bits per heavy atom. The number of rotatable bonds is 2. The van der Waals surface area contributed by atoms with E-state index in [1.807, 2.05) is 0 Å². The van der Waals surface area contributed by atoms with Crippen molar-refractivity contribution >= 4 is 55.0 Å². The van der Waals surface area contributed by atoms with Crippen LogP contribution >= 0.6 is 43.2 Å². The Morgan fingerprint density at radius 1 is 1.53 bits per heavy atom. The van der Waals surface area contributed by atoms with Crippen LogP contribution in [-0.2, 0) is 4.79 Å². The molecule has 0 bridgehead atoms. The summed E-state index contributed by atoms with van der Waals surface area (Å²) in [5, 5.41) is 5.73. The molecule has 1 unspecified atom stereocenters. The molecular weight excluding hydrogens is 398 g/mol. The third-order valence-corrected chi connectivity index (χ3v) is 5.28. The van der Waals surface area contributed by atoms with Gasteiger partial charge in [-0.15, -0.1) is 11.3 Å². The molecular formula is C11H13Br2N3O2S. The van der Waals surface area contributed by atoms with E-state index in [9.17, 15) is 9.59 Å². The molecule has 1 aliphatic heterocycles. The highest BCUT2D eigenvalue weighted by Crippen LogP contribution is 2.33. The predicted octanol–water partition coefficient (Wildman–Crippen LogP) is 1.43. The van der Waals surface area contributed by atoms with Crippen molar-refractivity contribution in [1.82, 2.24) is 15.5 Å². The molecule has 0 spiro atoms. The van der Waals surface area contributed by atoms with Crippen molar-refractivity contribution < 1.29 is 9.59 Å². The van der Waals surface area contributed by atoms with Crippen LogP contribution in [-0.4, -0.2) is 49.4 Å². The van der Waals surface area contributed by atoms with Crippen LogP contribution < -0.4 is 10.6 Å². The second kappa shape index (κ2) is 6.34. The first-order valence-corrected chi connectivity index (χ1v) is 8.13. The Bertz CT molecular complexity index is 506. The van der Waals surface area contributed by atoms with Gasteiger partial charge in [0.2, 0.25) is 5.91 Å². The molecule has 1 fully saturated rings. The molecule has 1 aromatic rings. The number of thiophene rings is 1. The summed E-state index contributed by atoms with van der Waals surface area (Å²) < 4.78 is 1.66. The van der Waals surface area contributed by atoms with Gasteiger partial charge in [-0.25, -0.2) is 0 Å². The molecule has 0 aliphatic carbocycles. The second-order valence-electron chi connectivity index (χ2n) is 4.07. The van der Waals surface area contributed by atoms with Gasteiger partial charge in [-0.05, 0) is 37.9 Å². The molecule has 5 nitrogen and oxygen atoms in total. The van der Waals surface area contributed by atoms with Crippen LogP contribution in [0.25, 0.3) is 0 Å². The quantitative estimate of drug-likeness (QED) is 0.775. The van der Waals surface area contributed by atoms with Crippen LogP contribution in [0.3, 0.4) is 0 Å². The highest BCUT2D eigenvalue weighted by molar-refractivity contribution is 9.12. The van der Waals surface area contributed by atoms with Gasteiger partial charge in [-0.2, -0.15) is 0 Å². The highest BCUT2D eigenvalue weighted by atomic mass is 79.9. The molecule has 2 N–H and O–H groups in total. The molecule has 1 atom stereocenters. The monoisotopic (exact) mass is 409 g/mol. The van der Waals surface area contributed by atoms with Gasteiger partial charge in [0.1, 0.15) is 6.04 Å². The minimum absolute atomic E-state index is 0.121. The van der Waals surface area contributed by atoms with Crippen LogP contribution in [0.2, 0.25) is 0 Å². The molecule has 0 radical (unpaired) electrons. The summed E-state index contributed by atoms with van der Waals surface area (Å²) in [4.78, 5) is 26.0. The molecule has 1 saturated heterocycles. The van der Waals surface area contributed by atoms with Gasteiger partial charge in [0.05, 0.1) is 13.1 Å². The molecule has 2 amide bonds. The normalized spacial score (nSPS) is 19.3. The summed E-state index contributed by atoms with van der Waals surface area (Å²) in [5.74, 6) is -0.269. The van der Waals surface area contributed by atoms with Crippen LogP contribution in [0.1, 0.15) is 10.4 Å². The molecule has 1 aliphatic rings. The van der Waals surface area contributed by atoms with E-state index in [0.29, 0.717) is 25.2 Å². The lowest BCUT2D eigenvalue weighted by atomic mass is 10.1. The zero-order valence-corrected chi connectivity index (χ0v) is 14.2. The van der Waals surface area contributed by atoms with Crippen molar-refractivity contribution in [2.75, 3.05) is 26.7 Å². The first-order chi connectivity index (χ1) is 9.04. The maximum Gasteiger partial charge on any atom is 0.256 e. The summed E-state index contributed by atoms with van der Waals surface area (Å²) in [7, 11) is 1.58. The summed E-state index contributed by atoms with van der Waals surface area (Å²) in [6.45, 7) is 1.70. The van der Waals surface area contributed by atoms with Gasteiger partial charge in [0.15, 0.2) is 0 Å². The predicted molar refractivity (Wildman–Crippen MR) is 81.5 cm³/mol. The van der Waals surface area contributed by atoms with Crippen LogP contribution in [0.4, 0.5) is 0 Å². The summed E-state index contributed by atoms with van der Waals surface area (Å²) in [6, 6.07) is 1.32. The van der Waals surface area contributed by atoms with Crippen molar-refractivity contribution in [2.45, 2.75) is 6.04 Å². The molecule has 8 heteroatoms. The minimum atomic E-state index is -0.461. The van der Waals surface area contributed by atoms with E-state index in [0.717, 1.165) is 7.57 Å². The third-order valence-electron chi connectivity index (χ3n) is 2.94. The van der Waals surface area contributed by atoms with E-state index in [1.165, 1.54) is 11.3 Å². The number of halogens is 2. The largest absolute Gasteiger partial charge is 0.357 e. The van der Waals surface area contributed by atoms with Gasteiger partial charge < -0.3 is 15.5 Å². The fraction of sp³-hybridized carbons (Fsp3) is 0.455. The van der Waals surface area contributed by atoms with Crippen molar-refractivity contribution in [1.29, 1.82) is 0 Å². The fourth-order valence-corrected chi connectivity index (χ4v) is 4.77. The van der Waals surface area contributed by atoms with Gasteiger partial charge in [-0.3, -0.25) is 9.59 Å². The van der Waals surface area contributed by atoms with Gasteiger partial charge >= 0.3 is 0 Å². The van der Waals surface area contributed by atoms with Crippen LogP contribution in [0.5, 0.6) is 0 Å². The lowest BCUT2D eigenvalue weighted by molar-refractivity contribution is -0.125. The number of likely N-dealkylation sites (N-methyl/N-ethyl adjacent to an activating group) is 1. The SMILES string of the molecule is CNC(=O)C1CNCCN1C(=O)c1cc(Br)sc1Br. The molecule has 19 heavy (non-hydrogen) atoms. The van der Waals surface area contributed by atoms with Crippen LogP contribution in [0.15, 0.2) is 13.6 Å².